The van der Waals surface area contributed by atoms with Crippen molar-refractivity contribution in [2.75, 3.05) is 0 Å². The van der Waals surface area contributed by atoms with Crippen LogP contribution in [0.2, 0.25) is 5.15 Å². The lowest BCUT2D eigenvalue weighted by atomic mass is 10.1. The van der Waals surface area contributed by atoms with Crippen LogP contribution in [0.25, 0.3) is 0 Å². The summed E-state index contributed by atoms with van der Waals surface area (Å²) in [6.07, 6.45) is 2.72. The highest BCUT2D eigenvalue weighted by Crippen LogP contribution is 2.04. The van der Waals surface area contributed by atoms with Crippen LogP contribution >= 0.6 is 11.6 Å². The molecule has 0 aromatic carbocycles. The highest BCUT2D eigenvalue weighted by molar-refractivity contribution is 6.29. The van der Waals surface area contributed by atoms with Crippen molar-refractivity contribution in [3.8, 4) is 0 Å². The van der Waals surface area contributed by atoms with Gasteiger partial charge in [0.1, 0.15) is 10.8 Å². The molecule has 0 saturated carbocycles. The molecule has 4 nitrogen and oxygen atoms in total. The quantitative estimate of drug-likeness (QED) is 0.858. The molecule has 1 atom stereocenters. The Hall–Kier alpha value is -1.16. The molecule has 0 bridgehead atoms. The van der Waals surface area contributed by atoms with E-state index in [1.54, 1.807) is 0 Å². The molecule has 0 aliphatic heterocycles. The Bertz CT molecular complexity index is 337. The van der Waals surface area contributed by atoms with Gasteiger partial charge in [-0.3, -0.25) is 4.79 Å². The second kappa shape index (κ2) is 5.07. The van der Waals surface area contributed by atoms with Crippen LogP contribution in [0.5, 0.6) is 0 Å². The minimum atomic E-state index is -0.222. The Labute approximate surface area is 94.1 Å². The summed E-state index contributed by atoms with van der Waals surface area (Å²) in [4.78, 5) is 19.3. The fraction of sp³-hybridized carbons (Fsp3) is 0.500. The minimum Gasteiger partial charge on any atom is -0.348 e. The van der Waals surface area contributed by atoms with Crippen LogP contribution in [0.3, 0.4) is 0 Å². The summed E-state index contributed by atoms with van der Waals surface area (Å²) in [5.74, 6) is 0.162. The molecule has 0 aliphatic carbocycles. The van der Waals surface area contributed by atoms with Gasteiger partial charge in [0, 0.05) is 6.04 Å². The van der Waals surface area contributed by atoms with Crippen molar-refractivity contribution in [2.45, 2.75) is 26.8 Å². The Morgan fingerprint density at radius 3 is 2.47 bits per heavy atom. The van der Waals surface area contributed by atoms with E-state index in [-0.39, 0.29) is 22.8 Å². The van der Waals surface area contributed by atoms with Crippen molar-refractivity contribution >= 4 is 17.5 Å². The van der Waals surface area contributed by atoms with Gasteiger partial charge in [-0.15, -0.1) is 0 Å². The average molecular weight is 228 g/mol. The van der Waals surface area contributed by atoms with E-state index in [9.17, 15) is 4.79 Å². The molecule has 82 valence electrons. The van der Waals surface area contributed by atoms with Gasteiger partial charge in [-0.25, -0.2) is 9.97 Å². The summed E-state index contributed by atoms with van der Waals surface area (Å²) in [5.41, 5.74) is 0.284. The summed E-state index contributed by atoms with van der Waals surface area (Å²) in [6.45, 7) is 6.03. The van der Waals surface area contributed by atoms with Gasteiger partial charge in [0.15, 0.2) is 0 Å². The highest BCUT2D eigenvalue weighted by atomic mass is 35.5. The van der Waals surface area contributed by atoms with Crippen molar-refractivity contribution in [3.63, 3.8) is 0 Å². The summed E-state index contributed by atoms with van der Waals surface area (Å²) in [6, 6.07) is 0.106. The van der Waals surface area contributed by atoms with E-state index in [0.29, 0.717) is 5.92 Å². The van der Waals surface area contributed by atoms with E-state index in [4.69, 9.17) is 11.6 Å². The van der Waals surface area contributed by atoms with Crippen LogP contribution < -0.4 is 5.32 Å². The van der Waals surface area contributed by atoms with Crippen LogP contribution in [-0.2, 0) is 0 Å². The lowest BCUT2D eigenvalue weighted by Crippen LogP contribution is -2.36. The Morgan fingerprint density at radius 1 is 1.33 bits per heavy atom. The number of halogens is 1. The number of nitrogens with one attached hydrogen (secondary N) is 1. The van der Waals surface area contributed by atoms with Crippen LogP contribution in [-0.4, -0.2) is 21.9 Å². The molecule has 1 amide bonds. The maximum absolute atomic E-state index is 11.6. The van der Waals surface area contributed by atoms with E-state index in [0.717, 1.165) is 0 Å². The third kappa shape index (κ3) is 3.47. The number of amides is 1. The molecule has 1 unspecified atom stereocenters. The predicted molar refractivity (Wildman–Crippen MR) is 58.8 cm³/mol. The van der Waals surface area contributed by atoms with Gasteiger partial charge >= 0.3 is 0 Å². The van der Waals surface area contributed by atoms with E-state index >= 15 is 0 Å². The number of aromatic nitrogens is 2. The molecular formula is C10H14ClN3O. The summed E-state index contributed by atoms with van der Waals surface area (Å²) >= 11 is 5.57. The van der Waals surface area contributed by atoms with Crippen molar-refractivity contribution in [2.24, 2.45) is 5.92 Å². The monoisotopic (exact) mass is 227 g/mol. The minimum absolute atomic E-state index is 0.106. The molecular weight excluding hydrogens is 214 g/mol. The molecule has 0 spiro atoms. The SMILES string of the molecule is CC(C)C(C)NC(=O)c1cnc(Cl)cn1. The summed E-state index contributed by atoms with van der Waals surface area (Å²) in [7, 11) is 0. The van der Waals surface area contributed by atoms with E-state index in [1.807, 2.05) is 20.8 Å². The molecule has 1 rings (SSSR count). The number of nitrogens with zero attached hydrogens (tertiary/aromatic N) is 2. The zero-order chi connectivity index (χ0) is 11.4. The maximum atomic E-state index is 11.6. The van der Waals surface area contributed by atoms with Crippen LogP contribution in [0.1, 0.15) is 31.3 Å². The molecule has 1 heterocycles. The highest BCUT2D eigenvalue weighted by Gasteiger charge is 2.13. The number of carbonyl (C=O) groups is 1. The second-order valence-electron chi connectivity index (χ2n) is 3.73. The van der Waals surface area contributed by atoms with Crippen LogP contribution in [0, 0.1) is 5.92 Å². The largest absolute Gasteiger partial charge is 0.348 e. The maximum Gasteiger partial charge on any atom is 0.271 e. The first kappa shape index (κ1) is 11.9. The zero-order valence-electron chi connectivity index (χ0n) is 8.99. The Kier molecular flexibility index (Phi) is 4.03. The van der Waals surface area contributed by atoms with Crippen LogP contribution in [0.15, 0.2) is 12.4 Å². The van der Waals surface area contributed by atoms with Gasteiger partial charge < -0.3 is 5.32 Å². The first-order valence-electron chi connectivity index (χ1n) is 4.79. The van der Waals surface area contributed by atoms with Gasteiger partial charge in [0.05, 0.1) is 12.4 Å². The third-order valence-electron chi connectivity index (χ3n) is 2.21. The number of rotatable bonds is 3. The summed E-state index contributed by atoms with van der Waals surface area (Å²) < 4.78 is 0. The molecule has 1 aromatic rings. The van der Waals surface area contributed by atoms with Gasteiger partial charge in [0.25, 0.3) is 5.91 Å². The number of hydrogen-bond donors (Lipinski definition) is 1. The van der Waals surface area contributed by atoms with Gasteiger partial charge in [-0.1, -0.05) is 25.4 Å². The molecule has 5 heteroatoms. The number of hydrogen-bond acceptors (Lipinski definition) is 3. The third-order valence-corrected chi connectivity index (χ3v) is 2.41. The predicted octanol–water partition coefficient (Wildman–Crippen LogP) is 1.90. The Balaban J connectivity index is 2.65. The van der Waals surface area contributed by atoms with Crippen molar-refractivity contribution in [3.05, 3.63) is 23.2 Å². The van der Waals surface area contributed by atoms with E-state index < -0.39 is 0 Å². The van der Waals surface area contributed by atoms with Crippen molar-refractivity contribution in [1.29, 1.82) is 0 Å². The second-order valence-corrected chi connectivity index (χ2v) is 4.12. The van der Waals surface area contributed by atoms with Crippen molar-refractivity contribution < 1.29 is 4.79 Å². The van der Waals surface area contributed by atoms with E-state index in [1.165, 1.54) is 12.4 Å². The first-order valence-corrected chi connectivity index (χ1v) is 5.17. The van der Waals surface area contributed by atoms with Gasteiger partial charge in [0.2, 0.25) is 0 Å². The van der Waals surface area contributed by atoms with Gasteiger partial charge in [-0.05, 0) is 12.8 Å². The lowest BCUT2D eigenvalue weighted by Gasteiger charge is -2.16. The fourth-order valence-electron chi connectivity index (χ4n) is 0.877. The fourth-order valence-corrected chi connectivity index (χ4v) is 0.975. The smallest absolute Gasteiger partial charge is 0.271 e. The Morgan fingerprint density at radius 2 is 2.00 bits per heavy atom. The molecule has 0 aliphatic rings. The lowest BCUT2D eigenvalue weighted by molar-refractivity contribution is 0.0925. The summed E-state index contributed by atoms with van der Waals surface area (Å²) in [5, 5.41) is 3.11. The van der Waals surface area contributed by atoms with Crippen LogP contribution in [0.4, 0.5) is 0 Å². The first-order chi connectivity index (χ1) is 7.00. The van der Waals surface area contributed by atoms with Crippen molar-refractivity contribution in [1.82, 2.24) is 15.3 Å². The molecule has 0 radical (unpaired) electrons. The standard InChI is InChI=1S/C10H14ClN3O/c1-6(2)7(3)14-10(15)8-4-13-9(11)5-12-8/h4-7H,1-3H3,(H,14,15). The zero-order valence-corrected chi connectivity index (χ0v) is 9.75. The topological polar surface area (TPSA) is 54.9 Å². The van der Waals surface area contributed by atoms with E-state index in [2.05, 4.69) is 15.3 Å². The number of carbonyl (C=O) groups excluding carboxylic acids is 1. The molecule has 15 heavy (non-hydrogen) atoms. The average Bonchev–Trinajstić information content (AvgIpc) is 2.18. The molecule has 1 aromatic heterocycles. The molecule has 0 saturated heterocycles. The normalized spacial score (nSPS) is 12.6. The molecule has 0 fully saturated rings. The molecule has 1 N–H and O–H groups in total. The van der Waals surface area contributed by atoms with Gasteiger partial charge in [-0.2, -0.15) is 0 Å².